The van der Waals surface area contributed by atoms with E-state index in [9.17, 15) is 14.4 Å². The zero-order valence-electron chi connectivity index (χ0n) is 20.7. The summed E-state index contributed by atoms with van der Waals surface area (Å²) in [4.78, 5) is 41.7. The van der Waals surface area contributed by atoms with E-state index in [1.54, 1.807) is 25.3 Å². The molecule has 0 radical (unpaired) electrons. The first-order valence-electron chi connectivity index (χ1n) is 11.9. The summed E-state index contributed by atoms with van der Waals surface area (Å²) in [7, 11) is 3.04. The summed E-state index contributed by atoms with van der Waals surface area (Å²) in [6.07, 6.45) is -1.03. The van der Waals surface area contributed by atoms with Gasteiger partial charge in [0.1, 0.15) is 11.5 Å². The molecule has 0 unspecified atom stereocenters. The molecule has 2 aliphatic rings. The molecule has 0 bridgehead atoms. The van der Waals surface area contributed by atoms with Crippen molar-refractivity contribution in [3.05, 3.63) is 42.5 Å². The lowest BCUT2D eigenvalue weighted by Crippen LogP contribution is -2.36. The number of nitrogens with zero attached hydrogens (tertiary/aromatic N) is 2. The number of amides is 2. The predicted octanol–water partition coefficient (Wildman–Crippen LogP) is 2.46. The summed E-state index contributed by atoms with van der Waals surface area (Å²) in [5.74, 6) is -0.896. The minimum atomic E-state index is -1.02. The highest BCUT2D eigenvalue weighted by Gasteiger charge is 2.38. The first-order valence-corrected chi connectivity index (χ1v) is 11.9. The van der Waals surface area contributed by atoms with Gasteiger partial charge in [-0.1, -0.05) is 0 Å². The van der Waals surface area contributed by atoms with Crippen molar-refractivity contribution in [2.45, 2.75) is 19.4 Å². The third-order valence-electron chi connectivity index (χ3n) is 6.31. The molecule has 36 heavy (non-hydrogen) atoms. The van der Waals surface area contributed by atoms with E-state index in [1.807, 2.05) is 24.3 Å². The van der Waals surface area contributed by atoms with Crippen LogP contribution in [-0.2, 0) is 23.9 Å². The van der Waals surface area contributed by atoms with Crippen LogP contribution in [0.3, 0.4) is 0 Å². The van der Waals surface area contributed by atoms with Crippen molar-refractivity contribution < 1.29 is 33.3 Å². The fraction of sp³-hybridized carbons (Fsp3) is 0.423. The predicted molar refractivity (Wildman–Crippen MR) is 134 cm³/mol. The summed E-state index contributed by atoms with van der Waals surface area (Å²) in [6, 6.07) is 12.6. The number of methoxy groups -OCH3 is 2. The second-order valence-corrected chi connectivity index (χ2v) is 8.66. The molecule has 2 aliphatic heterocycles. The Hall–Kier alpha value is -3.79. The van der Waals surface area contributed by atoms with Crippen molar-refractivity contribution in [1.82, 2.24) is 0 Å². The number of hydrogen-bond donors (Lipinski definition) is 1. The number of esters is 1. The van der Waals surface area contributed by atoms with Crippen LogP contribution < -0.4 is 24.6 Å². The Labute approximate surface area is 210 Å². The maximum atomic E-state index is 12.8. The zero-order chi connectivity index (χ0) is 25.7. The normalized spacial score (nSPS) is 18.5. The summed E-state index contributed by atoms with van der Waals surface area (Å²) in [6.45, 7) is 4.68. The van der Waals surface area contributed by atoms with E-state index in [0.29, 0.717) is 36.1 Å². The minimum absolute atomic E-state index is 0.00857. The number of benzene rings is 2. The summed E-state index contributed by atoms with van der Waals surface area (Å²) < 4.78 is 21.4. The van der Waals surface area contributed by atoms with E-state index >= 15 is 0 Å². The standard InChI is InChI=1S/C26H31N3O7/c1-17(25(31)27-19-4-6-20(7-5-19)28-10-12-35-13-11-28)36-26(32)18-14-24(30)29(16-18)22-9-8-21(33-2)15-23(22)34-3/h4-9,15,17-18H,10-14,16H2,1-3H3,(H,27,31)/t17-,18-/m0/s1. The molecule has 2 aromatic rings. The van der Waals surface area contributed by atoms with E-state index in [2.05, 4.69) is 10.2 Å². The topological polar surface area (TPSA) is 107 Å². The lowest BCUT2D eigenvalue weighted by Gasteiger charge is -2.29. The van der Waals surface area contributed by atoms with E-state index < -0.39 is 23.9 Å². The third-order valence-corrected chi connectivity index (χ3v) is 6.31. The number of nitrogens with one attached hydrogen (secondary N) is 1. The number of hydrogen-bond acceptors (Lipinski definition) is 8. The summed E-state index contributed by atoms with van der Waals surface area (Å²) in [5, 5.41) is 2.77. The van der Waals surface area contributed by atoms with E-state index in [1.165, 1.54) is 18.9 Å². The number of ether oxygens (including phenoxy) is 4. The van der Waals surface area contributed by atoms with Crippen LogP contribution in [0.1, 0.15) is 13.3 Å². The molecule has 1 N–H and O–H groups in total. The minimum Gasteiger partial charge on any atom is -0.497 e. The fourth-order valence-electron chi connectivity index (χ4n) is 4.25. The Kier molecular flexibility index (Phi) is 7.94. The molecule has 192 valence electrons. The van der Waals surface area contributed by atoms with Crippen molar-refractivity contribution in [1.29, 1.82) is 0 Å². The number of carbonyl (C=O) groups is 3. The molecule has 2 saturated heterocycles. The van der Waals surface area contributed by atoms with Gasteiger partial charge in [0.05, 0.1) is 39.0 Å². The van der Waals surface area contributed by atoms with Gasteiger partial charge in [0.15, 0.2) is 6.10 Å². The van der Waals surface area contributed by atoms with E-state index in [-0.39, 0.29) is 18.9 Å². The van der Waals surface area contributed by atoms with Gasteiger partial charge in [-0.15, -0.1) is 0 Å². The largest absolute Gasteiger partial charge is 0.497 e. The molecule has 0 spiro atoms. The Bertz CT molecular complexity index is 1100. The summed E-state index contributed by atoms with van der Waals surface area (Å²) in [5.41, 5.74) is 2.21. The van der Waals surface area contributed by atoms with Crippen molar-refractivity contribution in [3.8, 4) is 11.5 Å². The zero-order valence-corrected chi connectivity index (χ0v) is 20.7. The molecule has 2 aromatic carbocycles. The molecule has 2 heterocycles. The average Bonchev–Trinajstić information content (AvgIpc) is 3.30. The van der Waals surface area contributed by atoms with Crippen LogP contribution in [0.4, 0.5) is 17.1 Å². The molecule has 10 heteroatoms. The Morgan fingerprint density at radius 3 is 2.44 bits per heavy atom. The van der Waals surface area contributed by atoms with Gasteiger partial charge in [0, 0.05) is 43.5 Å². The molecule has 10 nitrogen and oxygen atoms in total. The van der Waals surface area contributed by atoms with Gasteiger partial charge in [-0.05, 0) is 43.3 Å². The first-order chi connectivity index (χ1) is 17.4. The van der Waals surface area contributed by atoms with Crippen LogP contribution in [0, 0.1) is 5.92 Å². The third kappa shape index (κ3) is 5.71. The fourth-order valence-corrected chi connectivity index (χ4v) is 4.25. The van der Waals surface area contributed by atoms with Crippen LogP contribution in [0.15, 0.2) is 42.5 Å². The molecule has 2 amide bonds. The van der Waals surface area contributed by atoms with Crippen molar-refractivity contribution in [3.63, 3.8) is 0 Å². The monoisotopic (exact) mass is 497 g/mol. The molecule has 2 atom stereocenters. The van der Waals surface area contributed by atoms with Gasteiger partial charge in [-0.25, -0.2) is 0 Å². The highest BCUT2D eigenvalue weighted by molar-refractivity contribution is 6.01. The van der Waals surface area contributed by atoms with Crippen LogP contribution in [0.25, 0.3) is 0 Å². The van der Waals surface area contributed by atoms with Gasteiger partial charge in [0.2, 0.25) is 5.91 Å². The number of carbonyl (C=O) groups excluding carboxylic acids is 3. The Balaban J connectivity index is 1.32. The average molecular weight is 498 g/mol. The van der Waals surface area contributed by atoms with Gasteiger partial charge >= 0.3 is 5.97 Å². The van der Waals surface area contributed by atoms with Crippen molar-refractivity contribution in [2.75, 3.05) is 62.2 Å². The van der Waals surface area contributed by atoms with Gasteiger partial charge < -0.3 is 34.1 Å². The van der Waals surface area contributed by atoms with Crippen LogP contribution in [-0.4, -0.2) is 71.0 Å². The smallest absolute Gasteiger partial charge is 0.312 e. The van der Waals surface area contributed by atoms with Gasteiger partial charge in [0.25, 0.3) is 5.91 Å². The SMILES string of the molecule is COc1ccc(N2C[C@@H](C(=O)O[C@@H](C)C(=O)Nc3ccc(N4CCOCC4)cc3)CC2=O)c(OC)c1. The van der Waals surface area contributed by atoms with Gasteiger partial charge in [-0.2, -0.15) is 0 Å². The molecule has 0 saturated carbocycles. The van der Waals surface area contributed by atoms with Crippen LogP contribution in [0.2, 0.25) is 0 Å². The van der Waals surface area contributed by atoms with E-state index in [0.717, 1.165) is 18.8 Å². The molecular weight excluding hydrogens is 466 g/mol. The molecular formula is C26H31N3O7. The van der Waals surface area contributed by atoms with Crippen molar-refractivity contribution >= 4 is 34.8 Å². The molecule has 0 aliphatic carbocycles. The molecule has 4 rings (SSSR count). The van der Waals surface area contributed by atoms with Crippen LogP contribution >= 0.6 is 0 Å². The lowest BCUT2D eigenvalue weighted by molar-refractivity contribution is -0.157. The Morgan fingerprint density at radius 2 is 1.78 bits per heavy atom. The number of rotatable bonds is 8. The number of anilines is 3. The highest BCUT2D eigenvalue weighted by atomic mass is 16.5. The van der Waals surface area contributed by atoms with Crippen LogP contribution in [0.5, 0.6) is 11.5 Å². The first kappa shape index (κ1) is 25.3. The Morgan fingerprint density at radius 1 is 1.06 bits per heavy atom. The van der Waals surface area contributed by atoms with Gasteiger partial charge in [-0.3, -0.25) is 14.4 Å². The maximum Gasteiger partial charge on any atom is 0.312 e. The molecule has 0 aromatic heterocycles. The summed E-state index contributed by atoms with van der Waals surface area (Å²) >= 11 is 0. The quantitative estimate of drug-likeness (QED) is 0.555. The van der Waals surface area contributed by atoms with Crippen molar-refractivity contribution in [2.24, 2.45) is 5.92 Å². The van der Waals surface area contributed by atoms with E-state index in [4.69, 9.17) is 18.9 Å². The molecule has 2 fully saturated rings. The second-order valence-electron chi connectivity index (χ2n) is 8.66. The maximum absolute atomic E-state index is 12.8. The lowest BCUT2D eigenvalue weighted by atomic mass is 10.1. The second kappa shape index (κ2) is 11.3. The highest BCUT2D eigenvalue weighted by Crippen LogP contribution is 2.36. The number of morpholine rings is 1.